The lowest BCUT2D eigenvalue weighted by atomic mass is 9.75. The van der Waals surface area contributed by atoms with Crippen molar-refractivity contribution in [3.8, 4) is 0 Å². The fraction of sp³-hybridized carbons (Fsp3) is 0.733. The molecule has 20 heavy (non-hydrogen) atoms. The third kappa shape index (κ3) is 3.37. The van der Waals surface area contributed by atoms with E-state index in [1.165, 1.54) is 19.3 Å². The summed E-state index contributed by atoms with van der Waals surface area (Å²) in [5, 5.41) is 4.36. The molecule has 0 N–H and O–H groups in total. The van der Waals surface area contributed by atoms with Gasteiger partial charge in [-0.15, -0.1) is 0 Å². The lowest BCUT2D eigenvalue weighted by Gasteiger charge is -2.36. The molecule has 1 fully saturated rings. The monoisotopic (exact) mass is 295 g/mol. The Morgan fingerprint density at radius 3 is 2.65 bits per heavy atom. The number of hydrogen-bond acceptors (Lipinski definition) is 4. The molecule has 0 unspecified atom stereocenters. The van der Waals surface area contributed by atoms with Gasteiger partial charge in [0.15, 0.2) is 0 Å². The van der Waals surface area contributed by atoms with Gasteiger partial charge in [-0.1, -0.05) is 19.3 Å². The van der Waals surface area contributed by atoms with E-state index in [2.05, 4.69) is 24.7 Å². The Morgan fingerprint density at radius 2 is 2.10 bits per heavy atom. The maximum atomic E-state index is 12.2. The van der Waals surface area contributed by atoms with Gasteiger partial charge in [0.05, 0.1) is 18.4 Å². The van der Waals surface area contributed by atoms with Crippen molar-refractivity contribution in [2.45, 2.75) is 45.6 Å². The molecular weight excluding hydrogens is 270 g/mol. The molecule has 2 rings (SSSR count). The average molecular weight is 295 g/mol. The molecule has 112 valence electrons. The van der Waals surface area contributed by atoms with Gasteiger partial charge in [0.2, 0.25) is 0 Å². The molecule has 5 heteroatoms. The van der Waals surface area contributed by atoms with Crippen LogP contribution in [-0.4, -0.2) is 29.1 Å². The van der Waals surface area contributed by atoms with Crippen LogP contribution in [0.25, 0.3) is 0 Å². The van der Waals surface area contributed by atoms with Crippen molar-refractivity contribution < 1.29 is 0 Å². The van der Waals surface area contributed by atoms with E-state index in [0.717, 1.165) is 30.8 Å². The van der Waals surface area contributed by atoms with Gasteiger partial charge in [-0.2, -0.15) is 17.7 Å². The molecule has 0 saturated heterocycles. The maximum Gasteiger partial charge on any atom is 0.268 e. The van der Waals surface area contributed by atoms with Crippen LogP contribution in [0.5, 0.6) is 0 Å². The van der Waals surface area contributed by atoms with E-state index in [4.69, 9.17) is 0 Å². The second kappa shape index (κ2) is 6.66. The molecule has 1 aromatic heterocycles. The van der Waals surface area contributed by atoms with Crippen molar-refractivity contribution in [1.29, 1.82) is 0 Å². The highest BCUT2D eigenvalue weighted by Crippen LogP contribution is 2.38. The second-order valence-electron chi connectivity index (χ2n) is 5.94. The van der Waals surface area contributed by atoms with Crippen molar-refractivity contribution in [3.05, 3.63) is 22.6 Å². The second-order valence-corrected chi connectivity index (χ2v) is 6.26. The highest BCUT2D eigenvalue weighted by atomic mass is 32.1. The normalized spacial score (nSPS) is 17.9. The van der Waals surface area contributed by atoms with Crippen molar-refractivity contribution in [3.63, 3.8) is 0 Å². The van der Waals surface area contributed by atoms with Gasteiger partial charge in [0, 0.05) is 19.7 Å². The molecule has 1 aliphatic rings. The van der Waals surface area contributed by atoms with E-state index in [0.29, 0.717) is 6.54 Å². The third-order valence-corrected chi connectivity index (χ3v) is 5.18. The number of hydrogen-bond donors (Lipinski definition) is 1. The number of thiol groups is 1. The molecule has 0 spiro atoms. The molecule has 1 saturated carbocycles. The largest absolute Gasteiger partial charge is 0.373 e. The molecule has 4 nitrogen and oxygen atoms in total. The summed E-state index contributed by atoms with van der Waals surface area (Å²) in [6, 6.07) is 1.69. The van der Waals surface area contributed by atoms with Crippen LogP contribution >= 0.6 is 12.6 Å². The summed E-state index contributed by atoms with van der Waals surface area (Å²) in [4.78, 5) is 14.3. The fourth-order valence-corrected chi connectivity index (χ4v) is 3.34. The summed E-state index contributed by atoms with van der Waals surface area (Å²) in [6.45, 7) is 3.63. The van der Waals surface area contributed by atoms with E-state index in [-0.39, 0.29) is 11.0 Å². The SMILES string of the molecule is CCN(C)c1cnn(CC2(CS)CCCCC2)c(=O)c1. The van der Waals surface area contributed by atoms with Crippen LogP contribution in [0.3, 0.4) is 0 Å². The molecule has 1 heterocycles. The zero-order chi connectivity index (χ0) is 14.6. The van der Waals surface area contributed by atoms with Crippen LogP contribution in [0, 0.1) is 5.41 Å². The summed E-state index contributed by atoms with van der Waals surface area (Å²) >= 11 is 4.53. The summed E-state index contributed by atoms with van der Waals surface area (Å²) < 4.78 is 1.62. The Hall–Kier alpha value is -0.970. The molecule has 0 aromatic carbocycles. The molecule has 0 aliphatic heterocycles. The van der Waals surface area contributed by atoms with Gasteiger partial charge in [-0.05, 0) is 30.9 Å². The van der Waals surface area contributed by atoms with Gasteiger partial charge < -0.3 is 4.90 Å². The average Bonchev–Trinajstić information content (AvgIpc) is 2.49. The summed E-state index contributed by atoms with van der Waals surface area (Å²) in [5.74, 6) is 0.831. The first-order valence-corrected chi connectivity index (χ1v) is 8.13. The maximum absolute atomic E-state index is 12.2. The van der Waals surface area contributed by atoms with Gasteiger partial charge in [0.1, 0.15) is 0 Å². The van der Waals surface area contributed by atoms with Crippen LogP contribution in [0.2, 0.25) is 0 Å². The minimum atomic E-state index is -0.00506. The summed E-state index contributed by atoms with van der Waals surface area (Å²) in [5.41, 5.74) is 1.03. The minimum Gasteiger partial charge on any atom is -0.373 e. The van der Waals surface area contributed by atoms with E-state index >= 15 is 0 Å². The predicted molar refractivity (Wildman–Crippen MR) is 86.8 cm³/mol. The van der Waals surface area contributed by atoms with Gasteiger partial charge in [-0.3, -0.25) is 4.79 Å². The standard InChI is InChI=1S/C15H25N3OS/c1-3-17(2)13-9-14(19)18(16-10-13)11-15(12-20)7-5-4-6-8-15/h9-10,20H,3-8,11-12H2,1-2H3. The zero-order valence-corrected chi connectivity index (χ0v) is 13.4. The molecule has 0 atom stereocenters. The third-order valence-electron chi connectivity index (χ3n) is 4.51. The van der Waals surface area contributed by atoms with Crippen molar-refractivity contribution in [1.82, 2.24) is 9.78 Å². The molecule has 0 bridgehead atoms. The Balaban J connectivity index is 2.18. The van der Waals surface area contributed by atoms with Crippen LogP contribution in [0.1, 0.15) is 39.0 Å². The molecular formula is C15H25N3OS. The summed E-state index contributed by atoms with van der Waals surface area (Å²) in [6.07, 6.45) is 7.89. The first-order valence-electron chi connectivity index (χ1n) is 7.49. The molecule has 0 radical (unpaired) electrons. The van der Waals surface area contributed by atoms with E-state index in [1.54, 1.807) is 16.9 Å². The lowest BCUT2D eigenvalue weighted by Crippen LogP contribution is -2.37. The van der Waals surface area contributed by atoms with Gasteiger partial charge in [0.25, 0.3) is 5.56 Å². The topological polar surface area (TPSA) is 38.1 Å². The van der Waals surface area contributed by atoms with Crippen molar-refractivity contribution >= 4 is 18.3 Å². The van der Waals surface area contributed by atoms with Gasteiger partial charge in [-0.25, -0.2) is 4.68 Å². The predicted octanol–water partition coefficient (Wildman–Crippen LogP) is 2.58. The Bertz CT molecular complexity index is 494. The fourth-order valence-electron chi connectivity index (χ4n) is 2.92. The highest BCUT2D eigenvalue weighted by Gasteiger charge is 2.31. The number of nitrogens with zero attached hydrogens (tertiary/aromatic N) is 3. The Morgan fingerprint density at radius 1 is 1.40 bits per heavy atom. The quantitative estimate of drug-likeness (QED) is 0.849. The first kappa shape index (κ1) is 15.4. The van der Waals surface area contributed by atoms with Crippen molar-refractivity contribution in [2.75, 3.05) is 24.2 Å². The van der Waals surface area contributed by atoms with Crippen LogP contribution in [0.4, 0.5) is 5.69 Å². The molecule has 0 amide bonds. The van der Waals surface area contributed by atoms with Crippen molar-refractivity contribution in [2.24, 2.45) is 5.41 Å². The molecule has 1 aromatic rings. The van der Waals surface area contributed by atoms with Crippen LogP contribution < -0.4 is 10.5 Å². The number of anilines is 1. The Labute approximate surface area is 126 Å². The lowest BCUT2D eigenvalue weighted by molar-refractivity contribution is 0.179. The van der Waals surface area contributed by atoms with Gasteiger partial charge >= 0.3 is 0 Å². The number of rotatable bonds is 5. The molecule has 1 aliphatic carbocycles. The van der Waals surface area contributed by atoms with E-state index in [9.17, 15) is 4.79 Å². The summed E-state index contributed by atoms with van der Waals surface area (Å²) in [7, 11) is 1.97. The van der Waals surface area contributed by atoms with Crippen LogP contribution in [0.15, 0.2) is 17.1 Å². The van der Waals surface area contributed by atoms with E-state index in [1.807, 2.05) is 11.9 Å². The smallest absolute Gasteiger partial charge is 0.268 e. The highest BCUT2D eigenvalue weighted by molar-refractivity contribution is 7.80. The van der Waals surface area contributed by atoms with E-state index < -0.39 is 0 Å². The first-order chi connectivity index (χ1) is 9.60. The Kier molecular flexibility index (Phi) is 5.13. The zero-order valence-electron chi connectivity index (χ0n) is 12.5. The number of aromatic nitrogens is 2. The van der Waals surface area contributed by atoms with Crippen LogP contribution in [-0.2, 0) is 6.54 Å². The minimum absolute atomic E-state index is 0.00506.